The normalized spacial score (nSPS) is 18.2. The largest absolute Gasteiger partial charge is 0.341 e. The van der Waals surface area contributed by atoms with E-state index in [4.69, 9.17) is 4.98 Å². The Hall–Kier alpha value is -3.66. The maximum absolute atomic E-state index is 13.3. The van der Waals surface area contributed by atoms with E-state index >= 15 is 0 Å². The Labute approximate surface area is 220 Å². The number of thioether (sulfide) groups is 1. The number of pyridine rings is 1. The molecule has 192 valence electrons. The first-order valence-corrected chi connectivity index (χ1v) is 13.6. The highest BCUT2D eigenvalue weighted by atomic mass is 32.2. The quantitative estimate of drug-likeness (QED) is 0.555. The Bertz CT molecular complexity index is 1290. The molecule has 0 radical (unpaired) electrons. The molecule has 3 amide bonds. The Balaban J connectivity index is 1.26. The van der Waals surface area contributed by atoms with Gasteiger partial charge in [0, 0.05) is 61.1 Å². The van der Waals surface area contributed by atoms with Gasteiger partial charge in [0.2, 0.25) is 11.8 Å². The van der Waals surface area contributed by atoms with Gasteiger partial charge in [-0.25, -0.2) is 4.98 Å². The summed E-state index contributed by atoms with van der Waals surface area (Å²) in [5.74, 6) is 1.06. The first-order valence-electron chi connectivity index (χ1n) is 12.4. The highest BCUT2D eigenvalue weighted by Gasteiger charge is 2.37. The predicted octanol–water partition coefficient (Wildman–Crippen LogP) is 3.46. The van der Waals surface area contributed by atoms with Gasteiger partial charge in [-0.2, -0.15) is 0 Å². The van der Waals surface area contributed by atoms with Crippen molar-refractivity contribution in [3.63, 3.8) is 0 Å². The van der Waals surface area contributed by atoms with E-state index in [1.165, 1.54) is 6.92 Å². The Morgan fingerprint density at radius 3 is 2.49 bits per heavy atom. The standard InChI is InChI=1S/C27H30N6O3S/c1-18-3-8-23(26(35)30-21-4-6-22(7-5-21)32-14-11-28-16-32)25(29-18)20-9-12-31(13-10-20)27(36)24-15-37-17-33(24)19(2)34/h3-8,11,14,16,20,24H,9-10,12-13,15,17H2,1-2H3,(H,30,35). The van der Waals surface area contributed by atoms with Crippen molar-refractivity contribution in [3.8, 4) is 5.69 Å². The number of aromatic nitrogens is 3. The van der Waals surface area contributed by atoms with Crippen LogP contribution in [0.5, 0.6) is 0 Å². The lowest BCUT2D eigenvalue weighted by molar-refractivity contribution is -0.143. The second kappa shape index (κ2) is 10.8. The molecule has 1 atom stereocenters. The van der Waals surface area contributed by atoms with Crippen LogP contribution in [0.25, 0.3) is 5.69 Å². The second-order valence-electron chi connectivity index (χ2n) is 9.46. The van der Waals surface area contributed by atoms with Crippen LogP contribution in [0.1, 0.15) is 47.4 Å². The van der Waals surface area contributed by atoms with Crippen LogP contribution in [0.4, 0.5) is 5.69 Å². The SMILES string of the molecule is CC(=O)N1CSCC1C(=O)N1CCC(c2nc(C)ccc2C(=O)Nc2ccc(-n3ccnc3)cc2)CC1. The Kier molecular flexibility index (Phi) is 7.27. The lowest BCUT2D eigenvalue weighted by Crippen LogP contribution is -2.50. The van der Waals surface area contributed by atoms with Crippen molar-refractivity contribution in [2.45, 2.75) is 38.6 Å². The summed E-state index contributed by atoms with van der Waals surface area (Å²) in [7, 11) is 0. The van der Waals surface area contributed by atoms with Gasteiger partial charge in [0.1, 0.15) is 6.04 Å². The zero-order chi connectivity index (χ0) is 25.9. The van der Waals surface area contributed by atoms with E-state index in [1.807, 2.05) is 59.0 Å². The average Bonchev–Trinajstić information content (AvgIpc) is 3.62. The van der Waals surface area contributed by atoms with Crippen molar-refractivity contribution >= 4 is 35.2 Å². The molecular weight excluding hydrogens is 488 g/mol. The second-order valence-corrected chi connectivity index (χ2v) is 10.5. The number of piperidine rings is 1. The van der Waals surface area contributed by atoms with E-state index < -0.39 is 0 Å². The molecule has 1 unspecified atom stereocenters. The number of nitrogens with zero attached hydrogens (tertiary/aromatic N) is 5. The molecule has 5 rings (SSSR count). The lowest BCUT2D eigenvalue weighted by Gasteiger charge is -2.35. The highest BCUT2D eigenvalue weighted by Crippen LogP contribution is 2.31. The van der Waals surface area contributed by atoms with Crippen molar-refractivity contribution in [3.05, 3.63) is 72.1 Å². The highest BCUT2D eigenvalue weighted by molar-refractivity contribution is 7.99. The summed E-state index contributed by atoms with van der Waals surface area (Å²) in [5, 5.41) is 3.00. The molecule has 1 N–H and O–H groups in total. The fourth-order valence-electron chi connectivity index (χ4n) is 4.95. The van der Waals surface area contributed by atoms with E-state index in [9.17, 15) is 14.4 Å². The van der Waals surface area contributed by atoms with Crippen LogP contribution >= 0.6 is 11.8 Å². The molecule has 2 aliphatic heterocycles. The molecular formula is C27H30N6O3S. The van der Waals surface area contributed by atoms with E-state index in [0.29, 0.717) is 36.0 Å². The van der Waals surface area contributed by atoms with Crippen molar-refractivity contribution in [1.29, 1.82) is 0 Å². The van der Waals surface area contributed by atoms with Gasteiger partial charge in [-0.3, -0.25) is 19.4 Å². The molecule has 2 saturated heterocycles. The summed E-state index contributed by atoms with van der Waals surface area (Å²) in [4.78, 5) is 50.7. The third-order valence-electron chi connectivity index (χ3n) is 7.00. The fraction of sp³-hybridized carbons (Fsp3) is 0.370. The molecule has 0 saturated carbocycles. The number of imidazole rings is 1. The van der Waals surface area contributed by atoms with Crippen LogP contribution in [0.3, 0.4) is 0 Å². The first kappa shape index (κ1) is 25.0. The molecule has 3 aromatic rings. The number of carbonyl (C=O) groups excluding carboxylic acids is 3. The molecule has 0 aliphatic carbocycles. The van der Waals surface area contributed by atoms with Gasteiger partial charge in [-0.15, -0.1) is 11.8 Å². The molecule has 2 fully saturated rings. The topological polar surface area (TPSA) is 100 Å². The van der Waals surface area contributed by atoms with Gasteiger partial charge < -0.3 is 19.7 Å². The van der Waals surface area contributed by atoms with E-state index in [1.54, 1.807) is 29.2 Å². The third-order valence-corrected chi connectivity index (χ3v) is 8.01. The van der Waals surface area contributed by atoms with Crippen molar-refractivity contribution in [2.75, 3.05) is 30.0 Å². The van der Waals surface area contributed by atoms with Gasteiger partial charge >= 0.3 is 0 Å². The minimum absolute atomic E-state index is 0.0213. The number of hydrogen-bond acceptors (Lipinski definition) is 6. The number of aryl methyl sites for hydroxylation is 1. The molecule has 37 heavy (non-hydrogen) atoms. The van der Waals surface area contributed by atoms with Gasteiger partial charge in [0.25, 0.3) is 5.91 Å². The molecule has 9 nitrogen and oxygen atoms in total. The number of nitrogens with one attached hydrogen (secondary N) is 1. The Morgan fingerprint density at radius 1 is 1.05 bits per heavy atom. The summed E-state index contributed by atoms with van der Waals surface area (Å²) in [6.45, 7) is 4.61. The summed E-state index contributed by atoms with van der Waals surface area (Å²) in [6.07, 6.45) is 6.76. The predicted molar refractivity (Wildman–Crippen MR) is 143 cm³/mol. The molecule has 4 heterocycles. The smallest absolute Gasteiger partial charge is 0.257 e. The molecule has 2 aliphatic rings. The maximum atomic E-state index is 13.3. The van der Waals surface area contributed by atoms with Crippen molar-refractivity contribution in [2.24, 2.45) is 0 Å². The fourth-order valence-corrected chi connectivity index (χ4v) is 6.16. The van der Waals surface area contributed by atoms with Crippen LogP contribution < -0.4 is 5.32 Å². The molecule has 0 spiro atoms. The Morgan fingerprint density at radius 2 is 1.81 bits per heavy atom. The average molecular weight is 519 g/mol. The van der Waals surface area contributed by atoms with Crippen LogP contribution in [0.15, 0.2) is 55.1 Å². The van der Waals surface area contributed by atoms with E-state index in [0.717, 1.165) is 29.9 Å². The summed E-state index contributed by atoms with van der Waals surface area (Å²) in [5.41, 5.74) is 3.85. The van der Waals surface area contributed by atoms with Gasteiger partial charge in [-0.05, 0) is 56.2 Å². The number of amides is 3. The number of carbonyl (C=O) groups is 3. The number of rotatable bonds is 5. The first-order chi connectivity index (χ1) is 17.9. The van der Waals surface area contributed by atoms with Crippen LogP contribution in [-0.4, -0.2) is 72.8 Å². The van der Waals surface area contributed by atoms with Gasteiger partial charge in [0.15, 0.2) is 0 Å². The third kappa shape index (κ3) is 5.39. The summed E-state index contributed by atoms with van der Waals surface area (Å²) in [6, 6.07) is 10.9. The van der Waals surface area contributed by atoms with Crippen LogP contribution in [-0.2, 0) is 9.59 Å². The zero-order valence-electron chi connectivity index (χ0n) is 21.0. The van der Waals surface area contributed by atoms with Crippen LogP contribution in [0, 0.1) is 6.92 Å². The van der Waals surface area contributed by atoms with Crippen molar-refractivity contribution < 1.29 is 14.4 Å². The van der Waals surface area contributed by atoms with Crippen molar-refractivity contribution in [1.82, 2.24) is 24.3 Å². The number of likely N-dealkylation sites (tertiary alicyclic amines) is 1. The molecule has 10 heteroatoms. The maximum Gasteiger partial charge on any atom is 0.257 e. The molecule has 1 aromatic carbocycles. The monoisotopic (exact) mass is 518 g/mol. The van der Waals surface area contributed by atoms with Gasteiger partial charge in [0.05, 0.1) is 23.5 Å². The number of anilines is 1. The van der Waals surface area contributed by atoms with Gasteiger partial charge in [-0.1, -0.05) is 0 Å². The minimum atomic E-state index is -0.377. The summed E-state index contributed by atoms with van der Waals surface area (Å²) >= 11 is 1.61. The molecule has 0 bridgehead atoms. The summed E-state index contributed by atoms with van der Waals surface area (Å²) < 4.78 is 1.90. The zero-order valence-corrected chi connectivity index (χ0v) is 21.8. The lowest BCUT2D eigenvalue weighted by atomic mass is 9.89. The van der Waals surface area contributed by atoms with Crippen LogP contribution in [0.2, 0.25) is 0 Å². The molecule has 2 aromatic heterocycles. The number of hydrogen-bond donors (Lipinski definition) is 1. The van der Waals surface area contributed by atoms with E-state index in [2.05, 4.69) is 10.3 Å². The number of benzene rings is 1. The van der Waals surface area contributed by atoms with E-state index in [-0.39, 0.29) is 29.7 Å². The minimum Gasteiger partial charge on any atom is -0.341 e.